The highest BCUT2D eigenvalue weighted by Crippen LogP contribution is 2.26. The van der Waals surface area contributed by atoms with Crippen molar-refractivity contribution in [3.8, 4) is 6.07 Å². The Hall–Kier alpha value is -4.24. The van der Waals surface area contributed by atoms with E-state index < -0.39 is 11.8 Å². The summed E-state index contributed by atoms with van der Waals surface area (Å²) < 4.78 is 0. The van der Waals surface area contributed by atoms with Gasteiger partial charge in [0.15, 0.2) is 0 Å². The molecule has 0 bridgehead atoms. The minimum atomic E-state index is -0.426. The molecular formula is C23H15N3O3. The maximum atomic E-state index is 12.8. The Kier molecular flexibility index (Phi) is 4.63. The van der Waals surface area contributed by atoms with Crippen LogP contribution in [0, 0.1) is 11.3 Å². The summed E-state index contributed by atoms with van der Waals surface area (Å²) in [6, 6.07) is 22.2. The minimum absolute atomic E-state index is 0.176. The summed E-state index contributed by atoms with van der Waals surface area (Å²) in [6.07, 6.45) is 0. The normalized spacial score (nSPS) is 12.4. The van der Waals surface area contributed by atoms with Crippen LogP contribution in [0.5, 0.6) is 0 Å². The Morgan fingerprint density at radius 2 is 1.66 bits per heavy atom. The molecule has 6 nitrogen and oxygen atoms in total. The molecule has 0 aromatic heterocycles. The summed E-state index contributed by atoms with van der Waals surface area (Å²) in [4.78, 5) is 39.1. The third-order valence-electron chi connectivity index (χ3n) is 4.67. The van der Waals surface area contributed by atoms with Crippen LogP contribution in [0.15, 0.2) is 72.8 Å². The molecule has 1 N–H and O–H groups in total. The van der Waals surface area contributed by atoms with Crippen LogP contribution in [0.2, 0.25) is 0 Å². The quantitative estimate of drug-likeness (QED) is 0.699. The van der Waals surface area contributed by atoms with Crippen molar-refractivity contribution >= 4 is 23.4 Å². The zero-order valence-electron chi connectivity index (χ0n) is 15.3. The molecule has 29 heavy (non-hydrogen) atoms. The second-order valence-electron chi connectivity index (χ2n) is 6.59. The van der Waals surface area contributed by atoms with E-state index in [1.54, 1.807) is 24.3 Å². The first-order chi connectivity index (χ1) is 14.1. The molecule has 3 aromatic rings. The van der Waals surface area contributed by atoms with Crippen LogP contribution < -0.4 is 5.32 Å². The number of fused-ring (bicyclic) bond motifs is 1. The van der Waals surface area contributed by atoms with Gasteiger partial charge in [-0.3, -0.25) is 19.3 Å². The van der Waals surface area contributed by atoms with E-state index in [2.05, 4.69) is 5.32 Å². The first-order valence-electron chi connectivity index (χ1n) is 8.92. The van der Waals surface area contributed by atoms with Gasteiger partial charge in [0.05, 0.1) is 29.3 Å². The number of carbonyl (C=O) groups excluding carboxylic acids is 3. The van der Waals surface area contributed by atoms with Gasteiger partial charge >= 0.3 is 0 Å². The molecule has 0 radical (unpaired) electrons. The minimum Gasteiger partial charge on any atom is -0.322 e. The zero-order chi connectivity index (χ0) is 20.4. The summed E-state index contributed by atoms with van der Waals surface area (Å²) in [5.41, 5.74) is 2.50. The fraction of sp³-hybridized carbons (Fsp3) is 0.0435. The van der Waals surface area contributed by atoms with Gasteiger partial charge in [0.25, 0.3) is 17.7 Å². The van der Waals surface area contributed by atoms with E-state index in [0.29, 0.717) is 11.3 Å². The molecule has 1 aliphatic heterocycles. The number of nitrogens with one attached hydrogen (secondary N) is 1. The lowest BCUT2D eigenvalue weighted by molar-refractivity contribution is 0.0642. The van der Waals surface area contributed by atoms with E-state index in [1.165, 1.54) is 23.1 Å². The number of anilines is 1. The zero-order valence-corrected chi connectivity index (χ0v) is 15.3. The molecule has 0 fully saturated rings. The van der Waals surface area contributed by atoms with Crippen LogP contribution in [0.3, 0.4) is 0 Å². The van der Waals surface area contributed by atoms with E-state index in [0.717, 1.165) is 5.56 Å². The topological polar surface area (TPSA) is 90.3 Å². The Balaban J connectivity index is 1.57. The van der Waals surface area contributed by atoms with Gasteiger partial charge in [0.1, 0.15) is 0 Å². The highest BCUT2D eigenvalue weighted by atomic mass is 16.2. The number of rotatable bonds is 4. The van der Waals surface area contributed by atoms with Crippen molar-refractivity contribution < 1.29 is 14.4 Å². The number of nitrogens with zero attached hydrogens (tertiary/aromatic N) is 2. The number of hydrogen-bond donors (Lipinski definition) is 1. The number of carbonyl (C=O) groups is 3. The van der Waals surface area contributed by atoms with Crippen LogP contribution in [0.4, 0.5) is 5.69 Å². The molecule has 4 rings (SSSR count). The van der Waals surface area contributed by atoms with Crippen molar-refractivity contribution in [1.82, 2.24) is 4.90 Å². The molecule has 6 heteroatoms. The van der Waals surface area contributed by atoms with Crippen LogP contribution in [-0.2, 0) is 6.54 Å². The SMILES string of the molecule is N#Cc1cccc(NC(=O)c2ccc3c(c2)C(=O)N(Cc2ccccc2)C3=O)c1. The molecule has 1 aliphatic rings. The lowest BCUT2D eigenvalue weighted by atomic mass is 10.1. The van der Waals surface area contributed by atoms with E-state index in [4.69, 9.17) is 5.26 Å². The molecule has 1 heterocycles. The lowest BCUT2D eigenvalue weighted by Gasteiger charge is -2.13. The average Bonchev–Trinajstić information content (AvgIpc) is 2.99. The lowest BCUT2D eigenvalue weighted by Crippen LogP contribution is -2.29. The molecule has 0 saturated heterocycles. The van der Waals surface area contributed by atoms with Crippen LogP contribution >= 0.6 is 0 Å². The molecule has 0 spiro atoms. The average molecular weight is 381 g/mol. The maximum absolute atomic E-state index is 12.8. The van der Waals surface area contributed by atoms with Gasteiger partial charge in [0.2, 0.25) is 0 Å². The van der Waals surface area contributed by atoms with Crippen LogP contribution in [0.25, 0.3) is 0 Å². The van der Waals surface area contributed by atoms with Crippen molar-refractivity contribution in [3.63, 3.8) is 0 Å². The third kappa shape index (κ3) is 3.49. The molecule has 0 unspecified atom stereocenters. The Morgan fingerprint density at radius 1 is 0.897 bits per heavy atom. The highest BCUT2D eigenvalue weighted by Gasteiger charge is 2.35. The Labute approximate surface area is 167 Å². The predicted molar refractivity (Wildman–Crippen MR) is 106 cm³/mol. The second-order valence-corrected chi connectivity index (χ2v) is 6.59. The third-order valence-corrected chi connectivity index (χ3v) is 4.67. The van der Waals surface area contributed by atoms with Crippen molar-refractivity contribution in [1.29, 1.82) is 5.26 Å². The first kappa shape index (κ1) is 18.1. The van der Waals surface area contributed by atoms with Gasteiger partial charge in [-0.15, -0.1) is 0 Å². The summed E-state index contributed by atoms with van der Waals surface area (Å²) in [5.74, 6) is -1.22. The molecule has 3 aromatic carbocycles. The van der Waals surface area contributed by atoms with Gasteiger partial charge in [-0.1, -0.05) is 36.4 Å². The number of amides is 3. The van der Waals surface area contributed by atoms with E-state index in [1.807, 2.05) is 36.4 Å². The summed E-state index contributed by atoms with van der Waals surface area (Å²) >= 11 is 0. The smallest absolute Gasteiger partial charge is 0.261 e. The molecule has 140 valence electrons. The molecule has 0 saturated carbocycles. The molecule has 0 aliphatic carbocycles. The number of nitriles is 1. The van der Waals surface area contributed by atoms with Crippen LogP contribution in [0.1, 0.15) is 42.2 Å². The van der Waals surface area contributed by atoms with Gasteiger partial charge in [-0.05, 0) is 42.0 Å². The number of hydrogen-bond acceptors (Lipinski definition) is 4. The fourth-order valence-corrected chi connectivity index (χ4v) is 3.21. The largest absolute Gasteiger partial charge is 0.322 e. The standard InChI is InChI=1S/C23H15N3O3/c24-13-16-7-4-8-18(11-16)25-21(27)17-9-10-19-20(12-17)23(29)26(22(19)28)14-15-5-2-1-3-6-15/h1-12H,14H2,(H,25,27). The van der Waals surface area contributed by atoms with E-state index >= 15 is 0 Å². The molecule has 0 atom stereocenters. The van der Waals surface area contributed by atoms with Crippen molar-refractivity contribution in [2.24, 2.45) is 0 Å². The predicted octanol–water partition coefficient (Wildman–Crippen LogP) is 3.61. The van der Waals surface area contributed by atoms with E-state index in [-0.39, 0.29) is 29.1 Å². The summed E-state index contributed by atoms with van der Waals surface area (Å²) in [7, 11) is 0. The Morgan fingerprint density at radius 3 is 2.41 bits per heavy atom. The maximum Gasteiger partial charge on any atom is 0.261 e. The van der Waals surface area contributed by atoms with Crippen molar-refractivity contribution in [2.75, 3.05) is 5.32 Å². The summed E-state index contributed by atoms with van der Waals surface area (Å²) in [5, 5.41) is 11.7. The summed E-state index contributed by atoms with van der Waals surface area (Å²) in [6.45, 7) is 0.176. The molecular weight excluding hydrogens is 366 g/mol. The van der Waals surface area contributed by atoms with Gasteiger partial charge < -0.3 is 5.32 Å². The highest BCUT2D eigenvalue weighted by molar-refractivity contribution is 6.22. The van der Waals surface area contributed by atoms with Gasteiger partial charge in [-0.25, -0.2) is 0 Å². The van der Waals surface area contributed by atoms with Crippen LogP contribution in [-0.4, -0.2) is 22.6 Å². The van der Waals surface area contributed by atoms with E-state index in [9.17, 15) is 14.4 Å². The second kappa shape index (κ2) is 7.41. The van der Waals surface area contributed by atoms with Gasteiger partial charge in [-0.2, -0.15) is 5.26 Å². The fourth-order valence-electron chi connectivity index (χ4n) is 3.21. The number of imide groups is 1. The monoisotopic (exact) mass is 381 g/mol. The molecule has 3 amide bonds. The van der Waals surface area contributed by atoms with Crippen molar-refractivity contribution in [3.05, 3.63) is 101 Å². The first-order valence-corrected chi connectivity index (χ1v) is 8.92. The van der Waals surface area contributed by atoms with Gasteiger partial charge in [0, 0.05) is 11.3 Å². The van der Waals surface area contributed by atoms with Crippen molar-refractivity contribution in [2.45, 2.75) is 6.54 Å². The Bertz CT molecular complexity index is 1180. The number of benzene rings is 3.